The van der Waals surface area contributed by atoms with E-state index in [1.807, 2.05) is 24.5 Å². The Balaban J connectivity index is 0.00000341. The molecule has 0 bridgehead atoms. The molecule has 0 aliphatic carbocycles. The molecule has 3 rings (SSSR count). The van der Waals surface area contributed by atoms with Gasteiger partial charge in [-0.25, -0.2) is 4.98 Å². The lowest BCUT2D eigenvalue weighted by Gasteiger charge is -2.15. The predicted octanol–water partition coefficient (Wildman–Crippen LogP) is 3.74. The maximum atomic E-state index is 5.87. The molecule has 168 valence electrons. The van der Waals surface area contributed by atoms with Gasteiger partial charge in [0.15, 0.2) is 5.96 Å². The number of para-hydroxylation sites is 2. The first-order chi connectivity index (χ1) is 14.7. The highest BCUT2D eigenvalue weighted by Gasteiger charge is 2.06. The fraction of sp³-hybridized carbons (Fsp3) is 0.391. The number of hydrogen-bond acceptors (Lipinski definition) is 4. The molecule has 0 amide bonds. The number of rotatable bonds is 10. The molecule has 0 saturated heterocycles. The SMILES string of the molecule is CN=C(NCCCn1cnc2ccccc21)NCc1ccc(C)cc1OCCOC.I. The molecule has 0 atom stereocenters. The van der Waals surface area contributed by atoms with E-state index in [1.54, 1.807) is 14.2 Å². The van der Waals surface area contributed by atoms with Crippen molar-refractivity contribution >= 4 is 41.0 Å². The maximum absolute atomic E-state index is 5.87. The van der Waals surface area contributed by atoms with Crippen LogP contribution in [0.5, 0.6) is 5.75 Å². The molecule has 31 heavy (non-hydrogen) atoms. The van der Waals surface area contributed by atoms with E-state index in [-0.39, 0.29) is 24.0 Å². The molecule has 1 heterocycles. The largest absolute Gasteiger partial charge is 0.491 e. The summed E-state index contributed by atoms with van der Waals surface area (Å²) in [5.41, 5.74) is 4.45. The van der Waals surface area contributed by atoms with Gasteiger partial charge in [0.25, 0.3) is 0 Å². The number of fused-ring (bicyclic) bond motifs is 1. The lowest BCUT2D eigenvalue weighted by molar-refractivity contribution is 0.145. The average molecular weight is 537 g/mol. The van der Waals surface area contributed by atoms with Crippen molar-refractivity contribution in [3.8, 4) is 5.75 Å². The minimum Gasteiger partial charge on any atom is -0.491 e. The highest BCUT2D eigenvalue weighted by atomic mass is 127. The quantitative estimate of drug-likeness (QED) is 0.179. The molecule has 0 aliphatic rings. The molecule has 0 fully saturated rings. The van der Waals surface area contributed by atoms with Crippen LogP contribution in [0.15, 0.2) is 53.8 Å². The molecule has 0 radical (unpaired) electrons. The summed E-state index contributed by atoms with van der Waals surface area (Å²) in [7, 11) is 3.46. The fourth-order valence-electron chi connectivity index (χ4n) is 3.22. The summed E-state index contributed by atoms with van der Waals surface area (Å²) in [5.74, 6) is 1.65. The van der Waals surface area contributed by atoms with Crippen LogP contribution < -0.4 is 15.4 Å². The summed E-state index contributed by atoms with van der Waals surface area (Å²) in [4.78, 5) is 8.76. The smallest absolute Gasteiger partial charge is 0.191 e. The van der Waals surface area contributed by atoms with Crippen molar-refractivity contribution in [2.75, 3.05) is 33.9 Å². The Morgan fingerprint density at radius 3 is 2.77 bits per heavy atom. The lowest BCUT2D eigenvalue weighted by atomic mass is 10.1. The van der Waals surface area contributed by atoms with Crippen LogP contribution in [0.3, 0.4) is 0 Å². The normalized spacial score (nSPS) is 11.3. The van der Waals surface area contributed by atoms with Crippen LogP contribution in [0.4, 0.5) is 0 Å². The molecular weight excluding hydrogens is 505 g/mol. The molecule has 8 heteroatoms. The summed E-state index contributed by atoms with van der Waals surface area (Å²) in [6.45, 7) is 5.51. The molecule has 2 aromatic carbocycles. The third-order valence-electron chi connectivity index (χ3n) is 4.83. The van der Waals surface area contributed by atoms with Gasteiger partial charge in [-0.1, -0.05) is 24.3 Å². The van der Waals surface area contributed by atoms with Gasteiger partial charge >= 0.3 is 0 Å². The zero-order valence-electron chi connectivity index (χ0n) is 18.4. The Kier molecular flexibility index (Phi) is 10.6. The monoisotopic (exact) mass is 537 g/mol. The number of halogens is 1. The van der Waals surface area contributed by atoms with Crippen LogP contribution in [-0.2, 0) is 17.8 Å². The van der Waals surface area contributed by atoms with Crippen LogP contribution in [0.25, 0.3) is 11.0 Å². The average Bonchev–Trinajstić information content (AvgIpc) is 3.17. The van der Waals surface area contributed by atoms with Gasteiger partial charge in [-0.15, -0.1) is 24.0 Å². The molecule has 0 unspecified atom stereocenters. The zero-order chi connectivity index (χ0) is 21.2. The number of methoxy groups -OCH3 is 1. The second kappa shape index (κ2) is 13.2. The lowest BCUT2D eigenvalue weighted by Crippen LogP contribution is -2.37. The van der Waals surface area contributed by atoms with Gasteiger partial charge in [0.2, 0.25) is 0 Å². The van der Waals surface area contributed by atoms with E-state index in [1.165, 1.54) is 11.1 Å². The Morgan fingerprint density at radius 2 is 1.97 bits per heavy atom. The van der Waals surface area contributed by atoms with Crippen molar-refractivity contribution < 1.29 is 9.47 Å². The van der Waals surface area contributed by atoms with E-state index in [0.717, 1.165) is 42.3 Å². The standard InChI is InChI=1S/C23H31N5O2.HI/c1-18-9-10-19(22(15-18)30-14-13-29-3)16-26-23(24-2)25-11-6-12-28-17-27-20-7-4-5-8-21(20)28;/h4-5,7-10,15,17H,6,11-14,16H2,1-3H3,(H2,24,25,26);1H. The fourth-order valence-corrected chi connectivity index (χ4v) is 3.22. The summed E-state index contributed by atoms with van der Waals surface area (Å²) >= 11 is 0. The Morgan fingerprint density at radius 1 is 1.13 bits per heavy atom. The Bertz CT molecular complexity index is 974. The molecular formula is C23H32IN5O2. The van der Waals surface area contributed by atoms with Gasteiger partial charge in [0, 0.05) is 39.4 Å². The van der Waals surface area contributed by atoms with Crippen LogP contribution in [0, 0.1) is 6.92 Å². The second-order valence-corrected chi connectivity index (χ2v) is 7.09. The number of hydrogen-bond donors (Lipinski definition) is 2. The number of aromatic nitrogens is 2. The van der Waals surface area contributed by atoms with Gasteiger partial charge in [-0.05, 0) is 37.1 Å². The van der Waals surface area contributed by atoms with Gasteiger partial charge in [0.05, 0.1) is 24.0 Å². The van der Waals surface area contributed by atoms with Crippen LogP contribution in [0.1, 0.15) is 17.5 Å². The van der Waals surface area contributed by atoms with Crippen LogP contribution in [-0.4, -0.2) is 49.4 Å². The van der Waals surface area contributed by atoms with Crippen molar-refractivity contribution in [1.29, 1.82) is 0 Å². The Hall–Kier alpha value is -2.33. The van der Waals surface area contributed by atoms with Crippen molar-refractivity contribution in [3.05, 3.63) is 59.9 Å². The molecule has 3 aromatic rings. The second-order valence-electron chi connectivity index (χ2n) is 7.09. The third kappa shape index (κ3) is 7.39. The maximum Gasteiger partial charge on any atom is 0.191 e. The molecule has 0 aliphatic heterocycles. The van der Waals surface area contributed by atoms with Crippen molar-refractivity contribution in [2.45, 2.75) is 26.4 Å². The number of nitrogens with one attached hydrogen (secondary N) is 2. The highest BCUT2D eigenvalue weighted by molar-refractivity contribution is 14.0. The Labute approximate surface area is 201 Å². The summed E-state index contributed by atoms with van der Waals surface area (Å²) in [5, 5.41) is 6.75. The predicted molar refractivity (Wildman–Crippen MR) is 137 cm³/mol. The topological polar surface area (TPSA) is 72.7 Å². The van der Waals surface area contributed by atoms with E-state index in [9.17, 15) is 0 Å². The van der Waals surface area contributed by atoms with E-state index in [2.05, 4.69) is 56.4 Å². The van der Waals surface area contributed by atoms with E-state index < -0.39 is 0 Å². The van der Waals surface area contributed by atoms with Gasteiger partial charge in [-0.3, -0.25) is 4.99 Å². The number of benzene rings is 2. The van der Waals surface area contributed by atoms with Gasteiger partial charge in [-0.2, -0.15) is 0 Å². The van der Waals surface area contributed by atoms with Gasteiger partial charge in [0.1, 0.15) is 12.4 Å². The highest BCUT2D eigenvalue weighted by Crippen LogP contribution is 2.20. The molecule has 7 nitrogen and oxygen atoms in total. The summed E-state index contributed by atoms with van der Waals surface area (Å²) < 4.78 is 13.1. The first kappa shape index (κ1) is 24.9. The van der Waals surface area contributed by atoms with Crippen molar-refractivity contribution in [2.24, 2.45) is 4.99 Å². The van der Waals surface area contributed by atoms with Crippen LogP contribution >= 0.6 is 24.0 Å². The number of imidazole rings is 1. The van der Waals surface area contributed by atoms with Crippen molar-refractivity contribution in [3.63, 3.8) is 0 Å². The van der Waals surface area contributed by atoms with Gasteiger partial charge < -0.3 is 24.7 Å². The minimum atomic E-state index is 0. The minimum absolute atomic E-state index is 0. The first-order valence-corrected chi connectivity index (χ1v) is 10.3. The number of aliphatic imine (C=N–C) groups is 1. The summed E-state index contributed by atoms with van der Waals surface area (Å²) in [6.07, 6.45) is 2.87. The molecule has 0 saturated carbocycles. The van der Waals surface area contributed by atoms with Crippen LogP contribution in [0.2, 0.25) is 0 Å². The summed E-state index contributed by atoms with van der Waals surface area (Å²) in [6, 6.07) is 14.4. The number of aryl methyl sites for hydroxylation is 2. The molecule has 0 spiro atoms. The number of ether oxygens (including phenoxy) is 2. The molecule has 2 N–H and O–H groups in total. The van der Waals surface area contributed by atoms with Crippen molar-refractivity contribution in [1.82, 2.24) is 20.2 Å². The molecule has 1 aromatic heterocycles. The first-order valence-electron chi connectivity index (χ1n) is 10.3. The number of nitrogens with zero attached hydrogens (tertiary/aromatic N) is 3. The number of guanidine groups is 1. The third-order valence-corrected chi connectivity index (χ3v) is 4.83. The zero-order valence-corrected chi connectivity index (χ0v) is 20.8. The van der Waals surface area contributed by atoms with E-state index >= 15 is 0 Å². The van der Waals surface area contributed by atoms with E-state index in [0.29, 0.717) is 19.8 Å². The van der Waals surface area contributed by atoms with E-state index in [4.69, 9.17) is 9.47 Å².